The molecule has 0 heterocycles. The fourth-order valence-corrected chi connectivity index (χ4v) is 2.00. The van der Waals surface area contributed by atoms with Gasteiger partial charge >= 0.3 is 0 Å². The van der Waals surface area contributed by atoms with Crippen molar-refractivity contribution in [2.45, 2.75) is 6.92 Å². The number of rotatable bonds is 0. The number of benzene rings is 1. The monoisotopic (exact) mass is 310 g/mol. The summed E-state index contributed by atoms with van der Waals surface area (Å²) in [4.78, 5) is 6.09. The number of allylic oxidation sites excluding steroid dienone is 2. The van der Waals surface area contributed by atoms with Crippen LogP contribution in [0.5, 0.6) is 0 Å². The molecule has 0 N–H and O–H groups in total. The van der Waals surface area contributed by atoms with Crippen LogP contribution in [0.1, 0.15) is 18.1 Å². The van der Waals surface area contributed by atoms with Crippen molar-refractivity contribution < 1.29 is 22.0 Å². The quantitative estimate of drug-likeness (QED) is 0.320. The van der Waals surface area contributed by atoms with Crippen LogP contribution in [0.25, 0.3) is 0 Å². The van der Waals surface area contributed by atoms with Gasteiger partial charge in [0.15, 0.2) is 29.1 Å². The molecule has 0 aromatic heterocycles. The molecule has 0 atom stereocenters. The molecule has 1 aliphatic carbocycles. The fraction of sp³-hybridized carbons (Fsp3) is 0.0769. The van der Waals surface area contributed by atoms with E-state index in [0.29, 0.717) is 0 Å². The van der Waals surface area contributed by atoms with Crippen molar-refractivity contribution in [2.75, 3.05) is 0 Å². The summed E-state index contributed by atoms with van der Waals surface area (Å²) in [7, 11) is 0. The molecule has 1 aromatic carbocycles. The average molecular weight is 310 g/mol. The Morgan fingerprint density at radius 1 is 0.727 bits per heavy atom. The molecule has 0 fully saturated rings. The largest absolute Gasteiger partial charge is 0.206 e. The third-order valence-corrected chi connectivity index (χ3v) is 2.96. The normalized spacial score (nSPS) is 17.5. The number of hydrogen-bond donors (Lipinski definition) is 0. The van der Waals surface area contributed by atoms with Gasteiger partial charge in [-0.25, -0.2) is 22.0 Å². The molecule has 4 nitrogen and oxygen atoms in total. The van der Waals surface area contributed by atoms with Crippen molar-refractivity contribution in [3.05, 3.63) is 45.8 Å². The van der Waals surface area contributed by atoms with Gasteiger partial charge in [0, 0.05) is 5.57 Å². The van der Waals surface area contributed by atoms with E-state index in [1.165, 1.54) is 6.19 Å². The highest BCUT2D eigenvalue weighted by molar-refractivity contribution is 6.29. The minimum absolute atomic E-state index is 0.465. The second kappa shape index (κ2) is 5.37. The second-order valence-corrected chi connectivity index (χ2v) is 4.07. The summed E-state index contributed by atoms with van der Waals surface area (Å²) in [5.41, 5.74) is -4.24. The standard InChI is InChI=1S/C13H3F5N4/c1-4-7(14)13(22-3-20)6-5(12(4)21-2-19)8(15)10(17)11(18)9(6)16/h1H3. The number of nitriles is 2. The van der Waals surface area contributed by atoms with E-state index in [0.717, 1.165) is 13.1 Å². The number of aliphatic imine (C=N–C) groups is 2. The first kappa shape index (κ1) is 15.3. The summed E-state index contributed by atoms with van der Waals surface area (Å²) in [6, 6.07) is 0. The van der Waals surface area contributed by atoms with Crippen LogP contribution >= 0.6 is 0 Å². The summed E-state index contributed by atoms with van der Waals surface area (Å²) in [5, 5.41) is 17.1. The zero-order valence-corrected chi connectivity index (χ0v) is 10.7. The molecule has 110 valence electrons. The second-order valence-electron chi connectivity index (χ2n) is 4.07. The summed E-state index contributed by atoms with van der Waals surface area (Å²) in [6.45, 7) is 1.04. The Hall–Kier alpha value is -3.07. The molecule has 2 rings (SSSR count). The lowest BCUT2D eigenvalue weighted by atomic mass is 9.86. The third-order valence-electron chi connectivity index (χ3n) is 2.96. The van der Waals surface area contributed by atoms with E-state index in [1.54, 1.807) is 0 Å². The van der Waals surface area contributed by atoms with E-state index in [1.807, 2.05) is 0 Å². The van der Waals surface area contributed by atoms with Crippen molar-refractivity contribution in [1.29, 1.82) is 10.5 Å². The van der Waals surface area contributed by atoms with Crippen LogP contribution in [0.3, 0.4) is 0 Å². The van der Waals surface area contributed by atoms with Gasteiger partial charge in [-0.15, -0.1) is 0 Å². The average Bonchev–Trinajstić information content (AvgIpc) is 2.50. The van der Waals surface area contributed by atoms with Gasteiger partial charge in [-0.2, -0.15) is 20.5 Å². The van der Waals surface area contributed by atoms with Crippen LogP contribution in [-0.4, -0.2) is 11.4 Å². The molecule has 0 saturated heterocycles. The zero-order valence-electron chi connectivity index (χ0n) is 10.7. The van der Waals surface area contributed by atoms with E-state index in [-0.39, 0.29) is 0 Å². The molecule has 0 aliphatic heterocycles. The Kier molecular flexibility index (Phi) is 3.74. The van der Waals surface area contributed by atoms with Gasteiger partial charge in [-0.3, -0.25) is 0 Å². The van der Waals surface area contributed by atoms with Crippen LogP contribution in [0.4, 0.5) is 22.0 Å². The third kappa shape index (κ3) is 1.95. The number of nitrogens with zero attached hydrogens (tertiary/aromatic N) is 4. The molecule has 9 heteroatoms. The summed E-state index contributed by atoms with van der Waals surface area (Å²) in [6.07, 6.45) is 2.39. The molecule has 0 spiro atoms. The Labute approximate surface area is 120 Å². The highest BCUT2D eigenvalue weighted by Crippen LogP contribution is 2.34. The molecule has 0 unspecified atom stereocenters. The lowest BCUT2D eigenvalue weighted by Crippen LogP contribution is -2.25. The van der Waals surface area contributed by atoms with E-state index >= 15 is 0 Å². The van der Waals surface area contributed by atoms with Crippen molar-refractivity contribution in [1.82, 2.24) is 0 Å². The molecule has 0 saturated carbocycles. The van der Waals surface area contributed by atoms with Crippen molar-refractivity contribution in [2.24, 2.45) is 9.98 Å². The molecular formula is C13H3F5N4. The molecule has 0 bridgehead atoms. The maximum atomic E-state index is 14.1. The fourth-order valence-electron chi connectivity index (χ4n) is 2.00. The predicted octanol–water partition coefficient (Wildman–Crippen LogP) is 3.04. The van der Waals surface area contributed by atoms with Gasteiger partial charge in [-0.05, 0) is 6.92 Å². The Balaban J connectivity index is 3.09. The topological polar surface area (TPSA) is 72.3 Å². The maximum Gasteiger partial charge on any atom is 0.206 e. The number of halogens is 5. The molecule has 0 radical (unpaired) electrons. The van der Waals surface area contributed by atoms with Crippen LogP contribution in [0, 0.1) is 46.2 Å². The highest BCUT2D eigenvalue weighted by atomic mass is 19.2. The molecule has 1 aliphatic rings. The van der Waals surface area contributed by atoms with Crippen LogP contribution in [0.15, 0.2) is 21.4 Å². The highest BCUT2D eigenvalue weighted by Gasteiger charge is 2.37. The molecule has 0 amide bonds. The van der Waals surface area contributed by atoms with Gasteiger partial charge in [0.1, 0.15) is 5.71 Å². The molecule has 1 aromatic rings. The first-order valence-electron chi connectivity index (χ1n) is 5.54. The SMILES string of the molecule is CC1=C(F)C(=NC#N)c2c(F)c(F)c(F)c(F)c2C1=NC#N. The van der Waals surface area contributed by atoms with Gasteiger partial charge in [-0.1, -0.05) is 0 Å². The Morgan fingerprint density at radius 2 is 1.14 bits per heavy atom. The Bertz CT molecular complexity index is 797. The number of fused-ring (bicyclic) bond motifs is 1. The van der Waals surface area contributed by atoms with Crippen LogP contribution in [0.2, 0.25) is 0 Å². The first-order chi connectivity index (χ1) is 10.4. The zero-order chi connectivity index (χ0) is 16.6. The van der Waals surface area contributed by atoms with Gasteiger partial charge in [0.25, 0.3) is 0 Å². The summed E-state index contributed by atoms with van der Waals surface area (Å²) < 4.78 is 68.7. The van der Waals surface area contributed by atoms with Crippen molar-refractivity contribution in [3.8, 4) is 12.4 Å². The summed E-state index contributed by atoms with van der Waals surface area (Å²) >= 11 is 0. The minimum atomic E-state index is -2.19. The molecular weight excluding hydrogens is 307 g/mol. The van der Waals surface area contributed by atoms with E-state index < -0.39 is 57.2 Å². The lowest BCUT2D eigenvalue weighted by Gasteiger charge is -2.20. The summed E-state index contributed by atoms with van der Waals surface area (Å²) in [5.74, 6) is -9.43. The van der Waals surface area contributed by atoms with Crippen molar-refractivity contribution in [3.63, 3.8) is 0 Å². The van der Waals surface area contributed by atoms with Gasteiger partial charge in [0.05, 0.1) is 16.8 Å². The molecule has 22 heavy (non-hydrogen) atoms. The lowest BCUT2D eigenvalue weighted by molar-refractivity contribution is 0.407. The van der Waals surface area contributed by atoms with E-state index in [9.17, 15) is 22.0 Å². The number of hydrogen-bond acceptors (Lipinski definition) is 4. The smallest absolute Gasteiger partial charge is 0.204 e. The predicted molar refractivity (Wildman–Crippen MR) is 64.4 cm³/mol. The Morgan fingerprint density at radius 3 is 1.59 bits per heavy atom. The van der Waals surface area contributed by atoms with Crippen LogP contribution < -0.4 is 0 Å². The van der Waals surface area contributed by atoms with Gasteiger partial charge < -0.3 is 0 Å². The van der Waals surface area contributed by atoms with E-state index in [2.05, 4.69) is 9.98 Å². The minimum Gasteiger partial charge on any atom is -0.204 e. The van der Waals surface area contributed by atoms with E-state index in [4.69, 9.17) is 10.5 Å². The van der Waals surface area contributed by atoms with Crippen LogP contribution in [-0.2, 0) is 0 Å². The van der Waals surface area contributed by atoms with Gasteiger partial charge in [0.2, 0.25) is 12.4 Å². The van der Waals surface area contributed by atoms with Crippen molar-refractivity contribution >= 4 is 11.4 Å². The first-order valence-corrected chi connectivity index (χ1v) is 5.54. The maximum absolute atomic E-state index is 14.1.